The summed E-state index contributed by atoms with van der Waals surface area (Å²) in [6.07, 6.45) is 2.74. The van der Waals surface area contributed by atoms with Crippen molar-refractivity contribution in [3.05, 3.63) is 54.6 Å². The van der Waals surface area contributed by atoms with E-state index in [2.05, 4.69) is 31.8 Å². The number of halogens is 1. The van der Waals surface area contributed by atoms with Gasteiger partial charge in [-0.05, 0) is 64.8 Å². The number of methoxy groups -OCH3 is 1. The number of anilines is 1. The first-order valence-electron chi connectivity index (χ1n) is 11.6. The van der Waals surface area contributed by atoms with E-state index in [0.29, 0.717) is 33.0 Å². The Morgan fingerprint density at radius 3 is 2.65 bits per heavy atom. The zero-order valence-electron chi connectivity index (χ0n) is 21.6. The Hall–Kier alpha value is -3.25. The number of hydrogen-bond acceptors (Lipinski definition) is 8. The third-order valence-electron chi connectivity index (χ3n) is 5.91. The fourth-order valence-electron chi connectivity index (χ4n) is 3.99. The van der Waals surface area contributed by atoms with Gasteiger partial charge in [-0.1, -0.05) is 27.3 Å². The summed E-state index contributed by atoms with van der Waals surface area (Å²) in [7, 11) is 1.59. The molecule has 0 spiro atoms. The van der Waals surface area contributed by atoms with Crippen molar-refractivity contribution in [3.63, 3.8) is 0 Å². The number of nitrogens with one attached hydrogen (secondary N) is 3. The monoisotopic (exact) mass is 590 g/mol. The number of hydrazone groups is 1. The molecule has 0 radical (unpaired) electrons. The van der Waals surface area contributed by atoms with Crippen molar-refractivity contribution in [3.8, 4) is 5.75 Å². The number of aryl methyl sites for hydroxylation is 3. The van der Waals surface area contributed by atoms with Crippen LogP contribution in [-0.4, -0.2) is 40.6 Å². The summed E-state index contributed by atoms with van der Waals surface area (Å²) < 4.78 is 8.94. The minimum Gasteiger partial charge on any atom is -0.496 e. The van der Waals surface area contributed by atoms with E-state index in [0.717, 1.165) is 20.8 Å². The molecule has 1 aromatic carbocycles. The van der Waals surface area contributed by atoms with E-state index in [1.807, 2.05) is 32.0 Å². The van der Waals surface area contributed by atoms with E-state index in [9.17, 15) is 14.4 Å². The van der Waals surface area contributed by atoms with Crippen LogP contribution in [0.3, 0.4) is 0 Å². The predicted molar refractivity (Wildman–Crippen MR) is 153 cm³/mol. The number of aromatic nitrogens is 2. The second-order valence-corrected chi connectivity index (χ2v) is 11.2. The van der Waals surface area contributed by atoms with Crippen molar-refractivity contribution in [2.45, 2.75) is 59.2 Å². The Bertz CT molecular complexity index is 1490. The first-order valence-corrected chi connectivity index (χ1v) is 13.3. The molecule has 10 nitrogen and oxygen atoms in total. The molecule has 0 aliphatic heterocycles. The number of thiophene rings is 1. The van der Waals surface area contributed by atoms with E-state index >= 15 is 0 Å². The number of rotatable bonds is 10. The molecule has 2 heterocycles. The van der Waals surface area contributed by atoms with Gasteiger partial charge in [-0.25, -0.2) is 9.36 Å². The Balaban J connectivity index is 2.27. The number of carbonyl (C=O) groups excluding carboxylic acids is 1. The van der Waals surface area contributed by atoms with Crippen molar-refractivity contribution in [1.29, 1.82) is 5.41 Å². The maximum Gasteiger partial charge on any atom is 0.333 e. The molecule has 2 aromatic heterocycles. The van der Waals surface area contributed by atoms with E-state index in [1.165, 1.54) is 22.1 Å². The van der Waals surface area contributed by atoms with Crippen LogP contribution in [0.4, 0.5) is 5.00 Å². The summed E-state index contributed by atoms with van der Waals surface area (Å²) in [5, 5.41) is 14.8. The fourth-order valence-corrected chi connectivity index (χ4v) is 5.57. The van der Waals surface area contributed by atoms with Crippen LogP contribution in [0.15, 0.2) is 37.4 Å². The molecular weight excluding hydrogens is 560 g/mol. The van der Waals surface area contributed by atoms with Crippen LogP contribution in [0.25, 0.3) is 10.2 Å². The number of carbonyl (C=O) groups is 1. The normalized spacial score (nSPS) is 11.9. The molecule has 3 aromatic rings. The number of hydrogen-bond donors (Lipinski definition) is 3. The molecule has 0 saturated heterocycles. The Labute approximate surface area is 227 Å². The first-order chi connectivity index (χ1) is 17.4. The second-order valence-electron chi connectivity index (χ2n) is 9.26. The molecule has 12 heteroatoms. The lowest BCUT2D eigenvalue weighted by Crippen LogP contribution is -2.56. The third-order valence-corrected chi connectivity index (χ3v) is 7.62. The molecule has 37 heavy (non-hydrogen) atoms. The van der Waals surface area contributed by atoms with Gasteiger partial charge in [-0.2, -0.15) is 5.10 Å². The van der Waals surface area contributed by atoms with Crippen LogP contribution < -0.4 is 26.7 Å². The summed E-state index contributed by atoms with van der Waals surface area (Å²) in [4.78, 5) is 41.2. The molecular formula is C25H31BrN6O4S. The topological polar surface area (TPSA) is 131 Å². The molecule has 0 fully saturated rings. The average molecular weight is 592 g/mol. The van der Waals surface area contributed by atoms with Crippen molar-refractivity contribution in [1.82, 2.24) is 14.5 Å². The number of nitrogens with zero attached hydrogens (tertiary/aromatic N) is 3. The molecule has 3 N–H and O–H groups in total. The molecule has 1 amide bonds. The van der Waals surface area contributed by atoms with Crippen LogP contribution in [-0.2, 0) is 23.3 Å². The molecule has 0 atom stereocenters. The van der Waals surface area contributed by atoms with Gasteiger partial charge in [0.1, 0.15) is 21.1 Å². The lowest BCUT2D eigenvalue weighted by atomic mass is 10.0. The van der Waals surface area contributed by atoms with Gasteiger partial charge in [0, 0.05) is 28.8 Å². The number of amides is 1. The highest BCUT2D eigenvalue weighted by molar-refractivity contribution is 9.10. The van der Waals surface area contributed by atoms with Crippen molar-refractivity contribution >= 4 is 60.8 Å². The summed E-state index contributed by atoms with van der Waals surface area (Å²) in [5.41, 5.74) is 1.78. The highest BCUT2D eigenvalue weighted by atomic mass is 79.9. The minimum atomic E-state index is -1.44. The van der Waals surface area contributed by atoms with Crippen molar-refractivity contribution in [2.75, 3.05) is 12.5 Å². The van der Waals surface area contributed by atoms with Gasteiger partial charge in [-0.3, -0.25) is 19.6 Å². The van der Waals surface area contributed by atoms with E-state index in [1.54, 1.807) is 27.9 Å². The fraction of sp³-hybridized carbons (Fsp3) is 0.400. The summed E-state index contributed by atoms with van der Waals surface area (Å²) in [5.74, 6) is 0.256. The Morgan fingerprint density at radius 1 is 1.32 bits per heavy atom. The highest BCUT2D eigenvalue weighted by Gasteiger charge is 2.35. The SMILES string of the molecule is COc1ccc(Br)cc1CCn1c(=O)n(C(C)(C)C(=O)NC(C)C)c(=O)c2c(C)c(N/N=C\C=N)sc21. The van der Waals surface area contributed by atoms with E-state index < -0.39 is 22.7 Å². The van der Waals surface area contributed by atoms with Gasteiger partial charge in [0.25, 0.3) is 5.56 Å². The van der Waals surface area contributed by atoms with Gasteiger partial charge in [0.05, 0.1) is 18.7 Å². The van der Waals surface area contributed by atoms with Crippen molar-refractivity contribution in [2.24, 2.45) is 5.10 Å². The zero-order valence-corrected chi connectivity index (χ0v) is 24.0. The summed E-state index contributed by atoms with van der Waals surface area (Å²) in [6, 6.07) is 5.48. The summed E-state index contributed by atoms with van der Waals surface area (Å²) in [6.45, 7) is 8.78. The average Bonchev–Trinajstić information content (AvgIpc) is 3.15. The lowest BCUT2D eigenvalue weighted by molar-refractivity contribution is -0.129. The molecule has 0 aliphatic rings. The van der Waals surface area contributed by atoms with Crippen LogP contribution in [0, 0.1) is 12.3 Å². The smallest absolute Gasteiger partial charge is 0.333 e. The molecule has 0 saturated carbocycles. The van der Waals surface area contributed by atoms with Gasteiger partial charge in [0.15, 0.2) is 0 Å². The quantitative estimate of drug-likeness (QED) is 0.244. The van der Waals surface area contributed by atoms with Gasteiger partial charge < -0.3 is 15.5 Å². The van der Waals surface area contributed by atoms with Crippen LogP contribution in [0.5, 0.6) is 5.75 Å². The number of fused-ring (bicyclic) bond motifs is 1. The molecule has 198 valence electrons. The van der Waals surface area contributed by atoms with Gasteiger partial charge in [0.2, 0.25) is 5.91 Å². The van der Waals surface area contributed by atoms with Crippen LogP contribution >= 0.6 is 27.3 Å². The van der Waals surface area contributed by atoms with Crippen LogP contribution in [0.1, 0.15) is 38.8 Å². The number of benzene rings is 1. The van der Waals surface area contributed by atoms with Crippen molar-refractivity contribution < 1.29 is 9.53 Å². The standard InChI is InChI=1S/C25H31BrN6O4S/c1-14(2)29-23(34)25(4,5)32-21(33)19-15(3)20(30-28-11-10-27)37-22(19)31(24(32)35)12-9-16-13-17(26)7-8-18(16)36-6/h7-8,10-11,13-14,27,30H,9,12H2,1-6H3,(H,29,34)/b27-10?,28-11-. The molecule has 0 unspecified atom stereocenters. The second kappa shape index (κ2) is 11.4. The maximum atomic E-state index is 13.9. The van der Waals surface area contributed by atoms with Crippen LogP contribution in [0.2, 0.25) is 0 Å². The largest absolute Gasteiger partial charge is 0.496 e. The zero-order chi connectivity index (χ0) is 27.5. The summed E-state index contributed by atoms with van der Waals surface area (Å²) >= 11 is 4.71. The predicted octanol–water partition coefficient (Wildman–Crippen LogP) is 3.85. The molecule has 3 rings (SSSR count). The minimum absolute atomic E-state index is 0.164. The highest BCUT2D eigenvalue weighted by Crippen LogP contribution is 2.33. The Morgan fingerprint density at radius 2 is 2.03 bits per heavy atom. The third kappa shape index (κ3) is 5.69. The molecule has 0 aliphatic carbocycles. The first kappa shape index (κ1) is 28.3. The van der Waals surface area contributed by atoms with Gasteiger partial charge in [-0.15, -0.1) is 0 Å². The number of ether oxygens (including phenoxy) is 1. The lowest BCUT2D eigenvalue weighted by Gasteiger charge is -2.27. The Kier molecular flexibility index (Phi) is 8.75. The van der Waals surface area contributed by atoms with Gasteiger partial charge >= 0.3 is 5.69 Å². The van der Waals surface area contributed by atoms with E-state index in [-0.39, 0.29) is 12.6 Å². The van der Waals surface area contributed by atoms with E-state index in [4.69, 9.17) is 10.1 Å². The molecule has 0 bridgehead atoms. The maximum absolute atomic E-state index is 13.9.